The molecule has 4 heterocycles. The smallest absolute Gasteiger partial charge is 0.410 e. The molecule has 0 aliphatic carbocycles. The number of unbranched alkanes of at least 4 members (excludes halogenated alkanes) is 1. The molecule has 12 nitrogen and oxygen atoms in total. The van der Waals surface area contributed by atoms with Gasteiger partial charge in [0.1, 0.15) is 30.4 Å². The molecule has 2 fully saturated rings. The molecule has 45 heavy (non-hydrogen) atoms. The van der Waals surface area contributed by atoms with Crippen molar-refractivity contribution in [3.63, 3.8) is 0 Å². The minimum absolute atomic E-state index is 0.0542. The molecule has 1 amide bonds. The van der Waals surface area contributed by atoms with Crippen molar-refractivity contribution in [2.75, 3.05) is 20.2 Å². The SMILES string of the molecule is B[C@@H]1CC(=O)[C@@H](C)C(O)O[C@H](CC)[C@@]2(C)OC(=O)N(CCCCn3cc(-c4nccs4)nn3)[C@@H]2[C@@H](C)NC[C@H](C)C[C@@]1(C)OC. The molecule has 250 valence electrons. The number of carbonyl (C=O) groups excluding carboxylic acids is 2. The summed E-state index contributed by atoms with van der Waals surface area (Å²) in [7, 11) is 3.72. The number of hydrogen-bond acceptors (Lipinski definition) is 11. The molecule has 1 unspecified atom stereocenters. The molecule has 2 aromatic rings. The summed E-state index contributed by atoms with van der Waals surface area (Å²) >= 11 is 1.52. The number of aryl methyl sites for hydroxylation is 1. The molecule has 2 saturated heterocycles. The van der Waals surface area contributed by atoms with Gasteiger partial charge in [-0.05, 0) is 64.7 Å². The molecule has 0 aromatic carbocycles. The maximum atomic E-state index is 13.5. The number of ketones is 1. The monoisotopic (exact) mass is 646 g/mol. The van der Waals surface area contributed by atoms with Crippen molar-refractivity contribution in [3.8, 4) is 10.7 Å². The Morgan fingerprint density at radius 3 is 2.62 bits per heavy atom. The molecule has 0 bridgehead atoms. The summed E-state index contributed by atoms with van der Waals surface area (Å²) in [6.07, 6.45) is 4.28. The molecule has 0 saturated carbocycles. The zero-order chi connectivity index (χ0) is 32.9. The highest BCUT2D eigenvalue weighted by Gasteiger charge is 2.57. The van der Waals surface area contributed by atoms with Crippen molar-refractivity contribution >= 4 is 31.1 Å². The topological polar surface area (TPSA) is 141 Å². The Labute approximate surface area is 272 Å². The van der Waals surface area contributed by atoms with Crippen LogP contribution in [0.5, 0.6) is 0 Å². The van der Waals surface area contributed by atoms with Gasteiger partial charge in [0.05, 0.1) is 23.8 Å². The van der Waals surface area contributed by atoms with E-state index in [2.05, 4.69) is 41.4 Å². The Morgan fingerprint density at radius 1 is 1.22 bits per heavy atom. The second-order valence-corrected chi connectivity index (χ2v) is 14.3. The fourth-order valence-corrected chi connectivity index (χ4v) is 7.52. The molecule has 9 atom stereocenters. The number of amides is 1. The van der Waals surface area contributed by atoms with Crippen molar-refractivity contribution in [3.05, 3.63) is 17.8 Å². The van der Waals surface area contributed by atoms with E-state index in [0.29, 0.717) is 26.1 Å². The van der Waals surface area contributed by atoms with Gasteiger partial charge in [-0.15, -0.1) is 16.4 Å². The van der Waals surface area contributed by atoms with Crippen molar-refractivity contribution in [1.82, 2.24) is 30.2 Å². The van der Waals surface area contributed by atoms with Gasteiger partial charge in [0, 0.05) is 44.2 Å². The van der Waals surface area contributed by atoms with Gasteiger partial charge in [-0.25, -0.2) is 9.78 Å². The lowest BCUT2D eigenvalue weighted by molar-refractivity contribution is -0.209. The van der Waals surface area contributed by atoms with E-state index >= 15 is 0 Å². The van der Waals surface area contributed by atoms with Crippen molar-refractivity contribution in [1.29, 1.82) is 0 Å². The zero-order valence-corrected chi connectivity index (χ0v) is 28.9. The summed E-state index contributed by atoms with van der Waals surface area (Å²) in [5.74, 6) is -0.652. The Bertz CT molecular complexity index is 1270. The number of aliphatic hydroxyl groups is 1. The van der Waals surface area contributed by atoms with Gasteiger partial charge in [0.25, 0.3) is 0 Å². The number of ether oxygens (including phenoxy) is 3. The number of nitrogens with zero attached hydrogens (tertiary/aromatic N) is 5. The fourth-order valence-electron chi connectivity index (χ4n) is 6.93. The van der Waals surface area contributed by atoms with Gasteiger partial charge in [-0.2, -0.15) is 0 Å². The highest BCUT2D eigenvalue weighted by Crippen LogP contribution is 2.40. The molecule has 0 spiro atoms. The van der Waals surface area contributed by atoms with Gasteiger partial charge >= 0.3 is 6.09 Å². The number of fused-ring (bicyclic) bond motifs is 1. The van der Waals surface area contributed by atoms with Crippen LogP contribution in [-0.4, -0.2) is 106 Å². The number of carbonyl (C=O) groups is 2. The molecule has 14 heteroatoms. The molecule has 2 aliphatic heterocycles. The normalized spacial score (nSPS) is 35.5. The predicted octanol–water partition coefficient (Wildman–Crippen LogP) is 3.31. The standard InChI is InChI=1S/C31H51BN6O6S/c1-8-25-31(6)26(38(29(41)44-31)13-10-9-12-37-18-22(35-36-37)27-33-11-14-45-27)21(4)34-17-19(2)16-30(5,42-7)24(32)15-23(39)20(3)28(40)43-25/h11,14,18-21,24-26,28,34,40H,8-10,12-13,15-17,32H2,1-7H3/t19-,20-,21-,24-,25-,26-,28?,30-,31-/m1/s1. The highest BCUT2D eigenvalue weighted by atomic mass is 32.1. The number of hydrogen-bond donors (Lipinski definition) is 2. The van der Waals surface area contributed by atoms with Crippen LogP contribution >= 0.6 is 11.3 Å². The van der Waals surface area contributed by atoms with Crippen LogP contribution in [-0.2, 0) is 25.5 Å². The van der Waals surface area contributed by atoms with E-state index in [1.807, 2.05) is 33.3 Å². The van der Waals surface area contributed by atoms with E-state index < -0.39 is 35.6 Å². The van der Waals surface area contributed by atoms with Crippen LogP contribution in [0, 0.1) is 11.8 Å². The highest BCUT2D eigenvalue weighted by molar-refractivity contribution is 7.13. The molecule has 0 radical (unpaired) electrons. The number of thiazole rings is 1. The van der Waals surface area contributed by atoms with Crippen molar-refractivity contribution in [2.45, 2.75) is 122 Å². The third kappa shape index (κ3) is 7.95. The van der Waals surface area contributed by atoms with E-state index in [1.165, 1.54) is 11.3 Å². The molecule has 4 rings (SSSR count). The first-order chi connectivity index (χ1) is 21.3. The first kappa shape index (κ1) is 35.5. The van der Waals surface area contributed by atoms with Gasteiger partial charge in [0.15, 0.2) is 11.9 Å². The fraction of sp³-hybridized carbons (Fsp3) is 0.774. The zero-order valence-electron chi connectivity index (χ0n) is 28.1. The predicted molar refractivity (Wildman–Crippen MR) is 175 cm³/mol. The Balaban J connectivity index is 1.53. The van der Waals surface area contributed by atoms with Crippen LogP contribution in [0.3, 0.4) is 0 Å². The van der Waals surface area contributed by atoms with Gasteiger partial charge in [0.2, 0.25) is 0 Å². The van der Waals surface area contributed by atoms with Crippen molar-refractivity contribution in [2.24, 2.45) is 11.8 Å². The number of methoxy groups -OCH3 is 1. The lowest BCUT2D eigenvalue weighted by atomic mass is 9.67. The third-order valence-corrected chi connectivity index (χ3v) is 10.8. The van der Waals surface area contributed by atoms with E-state index in [9.17, 15) is 14.7 Å². The Hall–Kier alpha value is -2.39. The number of rotatable bonds is 8. The first-order valence-corrected chi connectivity index (χ1v) is 17.1. The maximum Gasteiger partial charge on any atom is 0.410 e. The number of aromatic nitrogens is 4. The minimum atomic E-state index is -1.34. The second-order valence-electron chi connectivity index (χ2n) is 13.4. The molecule has 2 aromatic heterocycles. The average Bonchev–Trinajstić information content (AvgIpc) is 3.76. The van der Waals surface area contributed by atoms with E-state index in [1.54, 1.807) is 29.8 Å². The lowest BCUT2D eigenvalue weighted by Crippen LogP contribution is -2.61. The van der Waals surface area contributed by atoms with E-state index in [0.717, 1.165) is 30.0 Å². The number of nitrogens with one attached hydrogen (secondary N) is 1. The van der Waals surface area contributed by atoms with E-state index in [-0.39, 0.29) is 36.0 Å². The van der Waals surface area contributed by atoms with Crippen LogP contribution < -0.4 is 5.32 Å². The van der Waals surface area contributed by atoms with Crippen LogP contribution in [0.4, 0.5) is 4.79 Å². The van der Waals surface area contributed by atoms with E-state index in [4.69, 9.17) is 14.2 Å². The maximum absolute atomic E-state index is 13.5. The van der Waals surface area contributed by atoms with Gasteiger partial charge in [-0.3, -0.25) is 14.4 Å². The summed E-state index contributed by atoms with van der Waals surface area (Å²) in [5.41, 5.74) is -0.832. The van der Waals surface area contributed by atoms with Crippen molar-refractivity contribution < 1.29 is 28.9 Å². The van der Waals surface area contributed by atoms with Crippen LogP contribution in [0.15, 0.2) is 17.8 Å². The largest absolute Gasteiger partial charge is 0.438 e. The third-order valence-electron chi connectivity index (χ3n) is 9.97. The summed E-state index contributed by atoms with van der Waals surface area (Å²) < 4.78 is 20.2. The quantitative estimate of drug-likeness (QED) is 0.324. The second kappa shape index (κ2) is 15.0. The molecular weight excluding hydrogens is 595 g/mol. The molecule has 2 aliphatic rings. The summed E-state index contributed by atoms with van der Waals surface area (Å²) in [4.78, 5) is 32.9. The Morgan fingerprint density at radius 2 is 1.96 bits per heavy atom. The summed E-state index contributed by atoms with van der Waals surface area (Å²) in [6.45, 7) is 13.7. The van der Waals surface area contributed by atoms with Crippen LogP contribution in [0.1, 0.15) is 73.6 Å². The summed E-state index contributed by atoms with van der Waals surface area (Å²) in [6, 6.07) is -0.522. The van der Waals surface area contributed by atoms with Crippen LogP contribution in [0.25, 0.3) is 10.7 Å². The minimum Gasteiger partial charge on any atom is -0.438 e. The first-order valence-electron chi connectivity index (χ1n) is 16.3. The molecule has 2 N–H and O–H groups in total. The van der Waals surface area contributed by atoms with Gasteiger partial charge < -0.3 is 24.6 Å². The van der Waals surface area contributed by atoms with Gasteiger partial charge in [-0.1, -0.05) is 26.0 Å². The Kier molecular flexibility index (Phi) is 11.8. The molecular formula is C31H51BN6O6S. The summed E-state index contributed by atoms with van der Waals surface area (Å²) in [5, 5.41) is 26.0. The number of Topliss-reactive ketones (excluding diaryl/α,β-unsaturated/α-hetero) is 1. The lowest BCUT2D eigenvalue weighted by Gasteiger charge is -2.42. The van der Waals surface area contributed by atoms with Crippen LogP contribution in [0.2, 0.25) is 5.82 Å². The number of aliphatic hydroxyl groups excluding tert-OH is 1. The average molecular weight is 647 g/mol.